The van der Waals surface area contributed by atoms with Crippen LogP contribution in [0.25, 0.3) is 0 Å². The summed E-state index contributed by atoms with van der Waals surface area (Å²) in [6.45, 7) is 4.87. The summed E-state index contributed by atoms with van der Waals surface area (Å²) in [4.78, 5) is 18.4. The standard InChI is InChI=1S/C15H21Cl2N3O/c1-2-12-5-3-4-7-20(12)8-6-18-15(21)11-9-13(16)19-14(17)10-11/h9-10,12H,2-8H2,1H3,(H,18,21). The first-order valence-corrected chi connectivity index (χ1v) is 8.21. The highest BCUT2D eigenvalue weighted by molar-refractivity contribution is 6.33. The third kappa shape index (κ3) is 4.83. The van der Waals surface area contributed by atoms with E-state index in [1.807, 2.05) is 0 Å². The molecule has 1 saturated heterocycles. The summed E-state index contributed by atoms with van der Waals surface area (Å²) < 4.78 is 0. The van der Waals surface area contributed by atoms with E-state index in [-0.39, 0.29) is 16.2 Å². The lowest BCUT2D eigenvalue weighted by Crippen LogP contribution is -2.43. The molecule has 0 spiro atoms. The van der Waals surface area contributed by atoms with Crippen molar-refractivity contribution in [3.8, 4) is 0 Å². The van der Waals surface area contributed by atoms with Crippen LogP contribution in [0.4, 0.5) is 0 Å². The quantitative estimate of drug-likeness (QED) is 0.842. The van der Waals surface area contributed by atoms with Crippen molar-refractivity contribution in [2.75, 3.05) is 19.6 Å². The van der Waals surface area contributed by atoms with Gasteiger partial charge in [-0.25, -0.2) is 4.98 Å². The maximum atomic E-state index is 12.1. The zero-order valence-electron chi connectivity index (χ0n) is 12.2. The summed E-state index contributed by atoms with van der Waals surface area (Å²) in [7, 11) is 0. The molecule has 1 aromatic rings. The van der Waals surface area contributed by atoms with Gasteiger partial charge >= 0.3 is 0 Å². The molecule has 1 atom stereocenters. The van der Waals surface area contributed by atoms with Gasteiger partial charge in [0.2, 0.25) is 0 Å². The third-order valence-corrected chi connectivity index (χ3v) is 4.32. The van der Waals surface area contributed by atoms with Gasteiger partial charge < -0.3 is 5.32 Å². The van der Waals surface area contributed by atoms with Crippen molar-refractivity contribution < 1.29 is 4.79 Å². The first kappa shape index (κ1) is 16.5. The molecule has 1 amide bonds. The average Bonchev–Trinajstić information content (AvgIpc) is 2.46. The monoisotopic (exact) mass is 329 g/mol. The number of amides is 1. The third-order valence-electron chi connectivity index (χ3n) is 3.93. The van der Waals surface area contributed by atoms with E-state index in [1.54, 1.807) is 0 Å². The van der Waals surface area contributed by atoms with E-state index in [2.05, 4.69) is 22.1 Å². The van der Waals surface area contributed by atoms with E-state index in [0.717, 1.165) is 13.1 Å². The van der Waals surface area contributed by atoms with Crippen LogP contribution in [-0.4, -0.2) is 41.5 Å². The van der Waals surface area contributed by atoms with Crippen molar-refractivity contribution in [3.05, 3.63) is 28.0 Å². The van der Waals surface area contributed by atoms with Gasteiger partial charge in [0, 0.05) is 24.7 Å². The van der Waals surface area contributed by atoms with Crippen LogP contribution < -0.4 is 5.32 Å². The van der Waals surface area contributed by atoms with Gasteiger partial charge in [0.05, 0.1) is 0 Å². The molecule has 1 aromatic heterocycles. The Kier molecular flexibility index (Phi) is 6.27. The highest BCUT2D eigenvalue weighted by atomic mass is 35.5. The summed E-state index contributed by atoms with van der Waals surface area (Å²) in [6, 6.07) is 3.71. The molecule has 2 heterocycles. The van der Waals surface area contributed by atoms with E-state index in [0.29, 0.717) is 18.2 Å². The van der Waals surface area contributed by atoms with Crippen molar-refractivity contribution >= 4 is 29.1 Å². The minimum absolute atomic E-state index is 0.161. The molecule has 0 saturated carbocycles. The molecule has 1 unspecified atom stereocenters. The summed E-state index contributed by atoms with van der Waals surface area (Å²) in [5.41, 5.74) is 0.450. The van der Waals surface area contributed by atoms with E-state index >= 15 is 0 Å². The predicted molar refractivity (Wildman–Crippen MR) is 86.1 cm³/mol. The second-order valence-corrected chi connectivity index (χ2v) is 6.13. The molecular formula is C15H21Cl2N3O. The number of hydrogen-bond donors (Lipinski definition) is 1. The summed E-state index contributed by atoms with van der Waals surface area (Å²) >= 11 is 11.6. The molecule has 4 nitrogen and oxygen atoms in total. The molecule has 21 heavy (non-hydrogen) atoms. The number of nitrogens with one attached hydrogen (secondary N) is 1. The molecule has 2 rings (SSSR count). The molecule has 116 valence electrons. The summed E-state index contributed by atoms with van der Waals surface area (Å²) in [5.74, 6) is -0.161. The number of aromatic nitrogens is 1. The zero-order valence-corrected chi connectivity index (χ0v) is 13.8. The molecular weight excluding hydrogens is 309 g/mol. The van der Waals surface area contributed by atoms with Crippen LogP contribution in [0.1, 0.15) is 43.0 Å². The van der Waals surface area contributed by atoms with E-state index in [4.69, 9.17) is 23.2 Å². The lowest BCUT2D eigenvalue weighted by atomic mass is 10.0. The Morgan fingerprint density at radius 3 is 2.76 bits per heavy atom. The van der Waals surface area contributed by atoms with Crippen molar-refractivity contribution in [3.63, 3.8) is 0 Å². The number of likely N-dealkylation sites (tertiary alicyclic amines) is 1. The molecule has 1 N–H and O–H groups in total. The van der Waals surface area contributed by atoms with E-state index in [1.165, 1.54) is 37.8 Å². The zero-order chi connectivity index (χ0) is 15.2. The van der Waals surface area contributed by atoms with Gasteiger partial charge in [-0.2, -0.15) is 0 Å². The number of nitrogens with zero attached hydrogens (tertiary/aromatic N) is 2. The first-order chi connectivity index (χ1) is 10.1. The van der Waals surface area contributed by atoms with Crippen LogP contribution in [0.5, 0.6) is 0 Å². The van der Waals surface area contributed by atoms with Gasteiger partial charge in [-0.15, -0.1) is 0 Å². The van der Waals surface area contributed by atoms with Crippen molar-refractivity contribution in [1.29, 1.82) is 0 Å². The summed E-state index contributed by atoms with van der Waals surface area (Å²) in [6.07, 6.45) is 5.00. The molecule has 0 aliphatic carbocycles. The highest BCUT2D eigenvalue weighted by Gasteiger charge is 2.20. The van der Waals surface area contributed by atoms with Crippen molar-refractivity contribution in [2.45, 2.75) is 38.6 Å². The molecule has 1 fully saturated rings. The number of piperidine rings is 1. The summed E-state index contributed by atoms with van der Waals surface area (Å²) in [5, 5.41) is 3.38. The Labute approximate surface area is 135 Å². The van der Waals surface area contributed by atoms with Gasteiger partial charge in [-0.3, -0.25) is 9.69 Å². The fourth-order valence-electron chi connectivity index (χ4n) is 2.83. The van der Waals surface area contributed by atoms with Crippen LogP contribution in [-0.2, 0) is 0 Å². The van der Waals surface area contributed by atoms with Gasteiger partial charge in [0.25, 0.3) is 5.91 Å². The van der Waals surface area contributed by atoms with Crippen LogP contribution >= 0.6 is 23.2 Å². The largest absolute Gasteiger partial charge is 0.351 e. The smallest absolute Gasteiger partial charge is 0.251 e. The normalized spacial score (nSPS) is 19.5. The fraction of sp³-hybridized carbons (Fsp3) is 0.600. The predicted octanol–water partition coefficient (Wildman–Crippen LogP) is 3.38. The van der Waals surface area contributed by atoms with Crippen LogP contribution in [0.15, 0.2) is 12.1 Å². The number of carbonyl (C=O) groups is 1. The Balaban J connectivity index is 1.83. The Hall–Kier alpha value is -0.840. The molecule has 0 bridgehead atoms. The van der Waals surface area contributed by atoms with Crippen LogP contribution in [0.2, 0.25) is 10.3 Å². The Morgan fingerprint density at radius 1 is 1.38 bits per heavy atom. The average molecular weight is 330 g/mol. The maximum Gasteiger partial charge on any atom is 0.251 e. The van der Waals surface area contributed by atoms with E-state index < -0.39 is 0 Å². The van der Waals surface area contributed by atoms with Crippen molar-refractivity contribution in [2.24, 2.45) is 0 Å². The molecule has 1 aliphatic rings. The first-order valence-electron chi connectivity index (χ1n) is 7.45. The molecule has 1 aliphatic heterocycles. The van der Waals surface area contributed by atoms with Gasteiger partial charge in [0.15, 0.2) is 0 Å². The number of pyridine rings is 1. The number of halogens is 2. The topological polar surface area (TPSA) is 45.2 Å². The minimum Gasteiger partial charge on any atom is -0.351 e. The van der Waals surface area contributed by atoms with Crippen LogP contribution in [0, 0.1) is 0 Å². The SMILES string of the molecule is CCC1CCCCN1CCNC(=O)c1cc(Cl)nc(Cl)c1. The highest BCUT2D eigenvalue weighted by Crippen LogP contribution is 2.18. The number of carbonyl (C=O) groups excluding carboxylic acids is 1. The van der Waals surface area contributed by atoms with Crippen LogP contribution in [0.3, 0.4) is 0 Å². The fourth-order valence-corrected chi connectivity index (χ4v) is 3.29. The van der Waals surface area contributed by atoms with Crippen molar-refractivity contribution in [1.82, 2.24) is 15.2 Å². The second-order valence-electron chi connectivity index (χ2n) is 5.35. The number of rotatable bonds is 5. The van der Waals surface area contributed by atoms with Gasteiger partial charge in [0.1, 0.15) is 10.3 Å². The second kappa shape index (κ2) is 7.97. The minimum atomic E-state index is -0.161. The molecule has 6 heteroatoms. The lowest BCUT2D eigenvalue weighted by Gasteiger charge is -2.35. The van der Waals surface area contributed by atoms with Gasteiger partial charge in [-0.1, -0.05) is 36.5 Å². The molecule has 0 aromatic carbocycles. The Bertz CT molecular complexity index is 476. The maximum absolute atomic E-state index is 12.1. The van der Waals surface area contributed by atoms with Gasteiger partial charge in [-0.05, 0) is 37.9 Å². The number of hydrogen-bond acceptors (Lipinski definition) is 3. The van der Waals surface area contributed by atoms with E-state index in [9.17, 15) is 4.79 Å². The Morgan fingerprint density at radius 2 is 2.10 bits per heavy atom. The molecule has 0 radical (unpaired) electrons. The lowest BCUT2D eigenvalue weighted by molar-refractivity contribution is 0.0934.